The topological polar surface area (TPSA) is 26.0 Å². The first-order valence-corrected chi connectivity index (χ1v) is 5.26. The van der Waals surface area contributed by atoms with E-state index in [9.17, 15) is 4.39 Å². The van der Waals surface area contributed by atoms with E-state index in [1.807, 2.05) is 30.3 Å². The average molecular weight is 215 g/mol. The number of hydrogen-bond donors (Lipinski definition) is 1. The maximum absolute atomic E-state index is 13.4. The van der Waals surface area contributed by atoms with E-state index in [0.29, 0.717) is 12.1 Å². The van der Waals surface area contributed by atoms with Gasteiger partial charge in [-0.25, -0.2) is 4.39 Å². The first kappa shape index (κ1) is 10.8. The lowest BCUT2D eigenvalue weighted by Gasteiger charge is -2.05. The van der Waals surface area contributed by atoms with Crippen LogP contribution in [0.2, 0.25) is 0 Å². The molecule has 0 aliphatic heterocycles. The molecule has 0 atom stereocenters. The monoisotopic (exact) mass is 215 g/mol. The van der Waals surface area contributed by atoms with E-state index < -0.39 is 0 Å². The second-order valence-electron chi connectivity index (χ2n) is 3.87. The Morgan fingerprint density at radius 1 is 1.06 bits per heavy atom. The van der Waals surface area contributed by atoms with Crippen LogP contribution in [0.15, 0.2) is 42.5 Å². The molecule has 0 aliphatic rings. The van der Waals surface area contributed by atoms with E-state index in [2.05, 4.69) is 0 Å². The zero-order valence-electron chi connectivity index (χ0n) is 9.20. The number of halogens is 1. The van der Waals surface area contributed by atoms with Crippen molar-refractivity contribution in [3.63, 3.8) is 0 Å². The third-order valence-electron chi connectivity index (χ3n) is 2.67. The molecule has 0 spiro atoms. The average Bonchev–Trinajstić information content (AvgIpc) is 2.33. The number of benzene rings is 2. The maximum Gasteiger partial charge on any atom is 0.126 e. The minimum absolute atomic E-state index is 0.171. The van der Waals surface area contributed by atoms with Gasteiger partial charge in [0.2, 0.25) is 0 Å². The summed E-state index contributed by atoms with van der Waals surface area (Å²) in [6.45, 7) is 2.26. The van der Waals surface area contributed by atoms with Crippen molar-refractivity contribution in [1.29, 1.82) is 0 Å². The second kappa shape index (κ2) is 4.45. The zero-order chi connectivity index (χ0) is 11.5. The molecule has 0 bridgehead atoms. The summed E-state index contributed by atoms with van der Waals surface area (Å²) in [5.41, 5.74) is 9.19. The lowest BCUT2D eigenvalue weighted by Crippen LogP contribution is -1.95. The van der Waals surface area contributed by atoms with Crippen LogP contribution in [-0.4, -0.2) is 0 Å². The predicted octanol–water partition coefficient (Wildman–Crippen LogP) is 3.26. The first-order chi connectivity index (χ1) is 7.70. The van der Waals surface area contributed by atoms with Gasteiger partial charge in [0.05, 0.1) is 0 Å². The van der Waals surface area contributed by atoms with Gasteiger partial charge in [-0.3, -0.25) is 0 Å². The molecule has 1 nitrogen and oxygen atoms in total. The smallest absolute Gasteiger partial charge is 0.126 e. The van der Waals surface area contributed by atoms with Gasteiger partial charge in [-0.05, 0) is 41.3 Å². The highest BCUT2D eigenvalue weighted by molar-refractivity contribution is 5.64. The van der Waals surface area contributed by atoms with Gasteiger partial charge in [-0.15, -0.1) is 0 Å². The molecule has 16 heavy (non-hydrogen) atoms. The summed E-state index contributed by atoms with van der Waals surface area (Å²) in [6.07, 6.45) is 0. The molecular formula is C14H14FN. The van der Waals surface area contributed by atoms with Crippen molar-refractivity contribution >= 4 is 0 Å². The molecule has 0 radical (unpaired) electrons. The van der Waals surface area contributed by atoms with E-state index in [4.69, 9.17) is 5.73 Å². The fraction of sp³-hybridized carbons (Fsp3) is 0.143. The Hall–Kier alpha value is -1.67. The molecule has 0 heterocycles. The molecular weight excluding hydrogens is 201 g/mol. The molecule has 2 aromatic carbocycles. The molecule has 2 aromatic rings. The molecule has 0 fully saturated rings. The predicted molar refractivity (Wildman–Crippen MR) is 64.5 cm³/mol. The van der Waals surface area contributed by atoms with Gasteiger partial charge in [-0.2, -0.15) is 0 Å². The van der Waals surface area contributed by atoms with Crippen molar-refractivity contribution in [3.8, 4) is 11.1 Å². The third kappa shape index (κ3) is 2.12. The van der Waals surface area contributed by atoms with Crippen LogP contribution in [0.1, 0.15) is 11.1 Å². The van der Waals surface area contributed by atoms with Crippen LogP contribution in [0.25, 0.3) is 11.1 Å². The van der Waals surface area contributed by atoms with Crippen molar-refractivity contribution < 1.29 is 4.39 Å². The van der Waals surface area contributed by atoms with Crippen LogP contribution < -0.4 is 5.73 Å². The lowest BCUT2D eigenvalue weighted by molar-refractivity contribution is 0.619. The van der Waals surface area contributed by atoms with Crippen LogP contribution in [0.3, 0.4) is 0 Å². The number of nitrogens with two attached hydrogens (primary N) is 1. The van der Waals surface area contributed by atoms with Gasteiger partial charge in [-0.1, -0.05) is 30.3 Å². The molecule has 0 amide bonds. The summed E-state index contributed by atoms with van der Waals surface area (Å²) in [7, 11) is 0. The molecule has 0 unspecified atom stereocenters. The molecule has 0 saturated heterocycles. The summed E-state index contributed by atoms with van der Waals surface area (Å²) >= 11 is 0. The van der Waals surface area contributed by atoms with Crippen molar-refractivity contribution in [3.05, 3.63) is 59.4 Å². The summed E-state index contributed by atoms with van der Waals surface area (Å²) < 4.78 is 13.4. The van der Waals surface area contributed by atoms with Gasteiger partial charge in [0, 0.05) is 6.54 Å². The van der Waals surface area contributed by atoms with Crippen LogP contribution in [0, 0.1) is 12.7 Å². The Labute approximate surface area is 94.7 Å². The number of hydrogen-bond acceptors (Lipinski definition) is 1. The standard InChI is InChI=1S/C14H14FN/c1-10-5-6-13(8-14(10)15)12-4-2-3-11(7-12)9-16/h2-8H,9,16H2,1H3. The van der Waals surface area contributed by atoms with Gasteiger partial charge >= 0.3 is 0 Å². The van der Waals surface area contributed by atoms with Crippen molar-refractivity contribution in [2.45, 2.75) is 13.5 Å². The Kier molecular flexibility index (Phi) is 3.02. The summed E-state index contributed by atoms with van der Waals surface area (Å²) in [5.74, 6) is -0.171. The Bertz CT molecular complexity index is 506. The van der Waals surface area contributed by atoms with Crippen LogP contribution >= 0.6 is 0 Å². The molecule has 2 heteroatoms. The van der Waals surface area contributed by atoms with Crippen molar-refractivity contribution in [2.24, 2.45) is 5.73 Å². The Balaban J connectivity index is 2.46. The van der Waals surface area contributed by atoms with Gasteiger partial charge in [0.15, 0.2) is 0 Å². The van der Waals surface area contributed by atoms with Crippen molar-refractivity contribution in [1.82, 2.24) is 0 Å². The molecule has 82 valence electrons. The number of aryl methyl sites for hydroxylation is 1. The second-order valence-corrected chi connectivity index (χ2v) is 3.87. The highest BCUT2D eigenvalue weighted by Crippen LogP contribution is 2.22. The van der Waals surface area contributed by atoms with Crippen molar-refractivity contribution in [2.75, 3.05) is 0 Å². The van der Waals surface area contributed by atoms with Crippen LogP contribution in [0.5, 0.6) is 0 Å². The lowest BCUT2D eigenvalue weighted by atomic mass is 10.0. The van der Waals surface area contributed by atoms with E-state index in [-0.39, 0.29) is 5.82 Å². The molecule has 0 aromatic heterocycles. The normalized spacial score (nSPS) is 10.4. The zero-order valence-corrected chi connectivity index (χ0v) is 9.20. The van der Waals surface area contributed by atoms with E-state index in [1.54, 1.807) is 19.1 Å². The largest absolute Gasteiger partial charge is 0.326 e. The first-order valence-electron chi connectivity index (χ1n) is 5.26. The molecule has 2 rings (SSSR count). The van der Waals surface area contributed by atoms with Crippen LogP contribution in [-0.2, 0) is 6.54 Å². The fourth-order valence-corrected chi connectivity index (χ4v) is 1.65. The van der Waals surface area contributed by atoms with Gasteiger partial charge < -0.3 is 5.73 Å². The van der Waals surface area contributed by atoms with E-state index >= 15 is 0 Å². The van der Waals surface area contributed by atoms with E-state index in [1.165, 1.54) is 0 Å². The molecule has 0 aliphatic carbocycles. The summed E-state index contributed by atoms with van der Waals surface area (Å²) in [5, 5.41) is 0. The third-order valence-corrected chi connectivity index (χ3v) is 2.67. The maximum atomic E-state index is 13.4. The molecule has 0 saturated carbocycles. The SMILES string of the molecule is Cc1ccc(-c2cccc(CN)c2)cc1F. The summed E-state index contributed by atoms with van der Waals surface area (Å²) in [4.78, 5) is 0. The van der Waals surface area contributed by atoms with Gasteiger partial charge in [0.25, 0.3) is 0 Å². The Morgan fingerprint density at radius 3 is 2.50 bits per heavy atom. The minimum Gasteiger partial charge on any atom is -0.326 e. The van der Waals surface area contributed by atoms with Gasteiger partial charge in [0.1, 0.15) is 5.82 Å². The summed E-state index contributed by atoms with van der Waals surface area (Å²) in [6, 6.07) is 13.1. The minimum atomic E-state index is -0.171. The number of rotatable bonds is 2. The highest BCUT2D eigenvalue weighted by Gasteiger charge is 2.02. The highest BCUT2D eigenvalue weighted by atomic mass is 19.1. The van der Waals surface area contributed by atoms with E-state index in [0.717, 1.165) is 16.7 Å². The molecule has 2 N–H and O–H groups in total. The fourth-order valence-electron chi connectivity index (χ4n) is 1.65. The quantitative estimate of drug-likeness (QED) is 0.817. The Morgan fingerprint density at radius 2 is 1.81 bits per heavy atom. The van der Waals surface area contributed by atoms with Crippen LogP contribution in [0.4, 0.5) is 4.39 Å².